The van der Waals surface area contributed by atoms with Crippen molar-refractivity contribution in [3.63, 3.8) is 0 Å². The lowest BCUT2D eigenvalue weighted by Gasteiger charge is -2.27. The molecule has 0 bridgehead atoms. The van der Waals surface area contributed by atoms with Crippen LogP contribution in [0.4, 0.5) is 14.5 Å². The van der Waals surface area contributed by atoms with Gasteiger partial charge in [0.15, 0.2) is 11.6 Å². The molecule has 0 spiro atoms. The molecule has 0 aromatic carbocycles. The maximum atomic E-state index is 13.3. The maximum Gasteiger partial charge on any atom is 0.239 e. The van der Waals surface area contributed by atoms with Gasteiger partial charge in [-0.2, -0.15) is 4.39 Å². The Morgan fingerprint density at radius 2 is 2.33 bits per heavy atom. The van der Waals surface area contributed by atoms with Gasteiger partial charge in [0.25, 0.3) is 0 Å². The number of hydrogen-bond acceptors (Lipinski definition) is 4. The number of nitrogens with one attached hydrogen (secondary N) is 1. The van der Waals surface area contributed by atoms with Gasteiger partial charge in [0, 0.05) is 6.04 Å². The predicted molar refractivity (Wildman–Crippen MR) is 50.5 cm³/mol. The lowest BCUT2D eigenvalue weighted by molar-refractivity contribution is 0.210. The Morgan fingerprint density at radius 3 is 2.93 bits per heavy atom. The van der Waals surface area contributed by atoms with Crippen molar-refractivity contribution in [2.75, 3.05) is 18.9 Å². The third kappa shape index (κ3) is 1.99. The maximum absolute atomic E-state index is 13.3. The van der Waals surface area contributed by atoms with Gasteiger partial charge in [-0.05, 0) is 13.0 Å². The summed E-state index contributed by atoms with van der Waals surface area (Å²) in [7, 11) is 0. The number of nitrogens with two attached hydrogens (primary N) is 1. The van der Waals surface area contributed by atoms with Crippen LogP contribution < -0.4 is 15.8 Å². The molecule has 2 rings (SSSR count). The first kappa shape index (κ1) is 10.1. The lowest BCUT2D eigenvalue weighted by atomic mass is 10.1. The standard InChI is InChI=1S/C9H11F2N3O/c10-7-6(3-14-9(11)8(7)12)15-4-5-1-2-13-5/h3,5,13H,1-2,4,12H2. The topological polar surface area (TPSA) is 60.2 Å². The Kier molecular flexibility index (Phi) is 2.68. The first-order valence-electron chi connectivity index (χ1n) is 4.64. The second-order valence-corrected chi connectivity index (χ2v) is 3.39. The second-order valence-electron chi connectivity index (χ2n) is 3.39. The van der Waals surface area contributed by atoms with E-state index < -0.39 is 17.5 Å². The van der Waals surface area contributed by atoms with E-state index in [9.17, 15) is 8.78 Å². The first-order chi connectivity index (χ1) is 7.18. The van der Waals surface area contributed by atoms with Gasteiger partial charge in [-0.15, -0.1) is 0 Å². The van der Waals surface area contributed by atoms with Crippen LogP contribution >= 0.6 is 0 Å². The minimum atomic E-state index is -1.01. The van der Waals surface area contributed by atoms with E-state index in [0.717, 1.165) is 19.2 Å². The van der Waals surface area contributed by atoms with E-state index in [1.54, 1.807) is 0 Å². The van der Waals surface area contributed by atoms with Gasteiger partial charge in [0.2, 0.25) is 5.95 Å². The molecule has 15 heavy (non-hydrogen) atoms. The van der Waals surface area contributed by atoms with Crippen LogP contribution in [0.2, 0.25) is 0 Å². The molecule has 1 aliphatic heterocycles. The summed E-state index contributed by atoms with van der Waals surface area (Å²) < 4.78 is 31.1. The van der Waals surface area contributed by atoms with Crippen LogP contribution in [-0.2, 0) is 0 Å². The van der Waals surface area contributed by atoms with Gasteiger partial charge >= 0.3 is 0 Å². The highest BCUT2D eigenvalue weighted by Gasteiger charge is 2.19. The van der Waals surface area contributed by atoms with Gasteiger partial charge in [0.1, 0.15) is 12.3 Å². The van der Waals surface area contributed by atoms with Gasteiger partial charge in [-0.1, -0.05) is 0 Å². The van der Waals surface area contributed by atoms with Crippen LogP contribution in [0, 0.1) is 11.8 Å². The summed E-state index contributed by atoms with van der Waals surface area (Å²) in [6.45, 7) is 1.28. The molecular weight excluding hydrogens is 204 g/mol. The molecule has 2 heterocycles. The van der Waals surface area contributed by atoms with Gasteiger partial charge in [-0.3, -0.25) is 0 Å². The average molecular weight is 215 g/mol. The normalized spacial score (nSPS) is 19.7. The second kappa shape index (κ2) is 3.98. The minimum Gasteiger partial charge on any atom is -0.487 e. The van der Waals surface area contributed by atoms with Crippen molar-refractivity contribution in [2.45, 2.75) is 12.5 Å². The third-order valence-electron chi connectivity index (χ3n) is 2.34. The molecule has 3 N–H and O–H groups in total. The molecule has 0 amide bonds. The van der Waals surface area contributed by atoms with Crippen LogP contribution in [0.15, 0.2) is 6.20 Å². The molecule has 82 valence electrons. The lowest BCUT2D eigenvalue weighted by Crippen LogP contribution is -2.46. The Bertz CT molecular complexity index is 369. The smallest absolute Gasteiger partial charge is 0.239 e. The van der Waals surface area contributed by atoms with E-state index in [2.05, 4.69) is 10.3 Å². The summed E-state index contributed by atoms with van der Waals surface area (Å²) in [5.41, 5.74) is 4.52. The summed E-state index contributed by atoms with van der Waals surface area (Å²) in [5, 5.41) is 3.09. The fourth-order valence-corrected chi connectivity index (χ4v) is 1.25. The van der Waals surface area contributed by atoms with Crippen LogP contribution in [0.3, 0.4) is 0 Å². The van der Waals surface area contributed by atoms with E-state index in [4.69, 9.17) is 10.5 Å². The van der Waals surface area contributed by atoms with Crippen LogP contribution in [-0.4, -0.2) is 24.2 Å². The molecule has 0 aliphatic carbocycles. The van der Waals surface area contributed by atoms with Crippen molar-refractivity contribution >= 4 is 5.69 Å². The van der Waals surface area contributed by atoms with Crippen LogP contribution in [0.5, 0.6) is 5.75 Å². The minimum absolute atomic E-state index is 0.109. The third-order valence-corrected chi connectivity index (χ3v) is 2.34. The molecule has 1 saturated heterocycles. The van der Waals surface area contributed by atoms with Gasteiger partial charge < -0.3 is 15.8 Å². The summed E-state index contributed by atoms with van der Waals surface area (Å²) in [6, 6.07) is 0.232. The molecule has 1 unspecified atom stereocenters. The molecule has 1 aromatic rings. The highest BCUT2D eigenvalue weighted by molar-refractivity contribution is 5.43. The number of nitrogen functional groups attached to an aromatic ring is 1. The molecule has 1 fully saturated rings. The number of anilines is 1. The number of rotatable bonds is 3. The number of halogens is 2. The van der Waals surface area contributed by atoms with Gasteiger partial charge in [-0.25, -0.2) is 9.37 Å². The number of ether oxygens (including phenoxy) is 1. The molecule has 0 radical (unpaired) electrons. The Morgan fingerprint density at radius 1 is 1.60 bits per heavy atom. The largest absolute Gasteiger partial charge is 0.487 e. The monoisotopic (exact) mass is 215 g/mol. The predicted octanol–water partition coefficient (Wildman–Crippen LogP) is 0.683. The fraction of sp³-hybridized carbons (Fsp3) is 0.444. The van der Waals surface area contributed by atoms with Crippen molar-refractivity contribution < 1.29 is 13.5 Å². The fourth-order valence-electron chi connectivity index (χ4n) is 1.25. The van der Waals surface area contributed by atoms with Crippen LogP contribution in [0.1, 0.15) is 6.42 Å². The zero-order chi connectivity index (χ0) is 10.8. The molecule has 6 heteroatoms. The number of pyridine rings is 1. The Hall–Kier alpha value is -1.43. The van der Waals surface area contributed by atoms with Crippen molar-refractivity contribution in [3.8, 4) is 5.75 Å². The Labute approximate surface area is 85.4 Å². The van der Waals surface area contributed by atoms with E-state index in [1.165, 1.54) is 0 Å². The quantitative estimate of drug-likeness (QED) is 0.728. The molecule has 1 aromatic heterocycles. The molecular formula is C9H11F2N3O. The number of hydrogen-bond donors (Lipinski definition) is 2. The molecule has 1 aliphatic rings. The van der Waals surface area contributed by atoms with E-state index in [-0.39, 0.29) is 11.8 Å². The molecule has 4 nitrogen and oxygen atoms in total. The summed E-state index contributed by atoms with van der Waals surface area (Å²) in [5.74, 6) is -2.01. The summed E-state index contributed by atoms with van der Waals surface area (Å²) in [6.07, 6.45) is 1.99. The average Bonchev–Trinajstić information content (AvgIpc) is 2.15. The van der Waals surface area contributed by atoms with E-state index in [0.29, 0.717) is 6.61 Å². The van der Waals surface area contributed by atoms with Crippen LogP contribution in [0.25, 0.3) is 0 Å². The van der Waals surface area contributed by atoms with E-state index >= 15 is 0 Å². The van der Waals surface area contributed by atoms with Crippen molar-refractivity contribution in [3.05, 3.63) is 18.0 Å². The van der Waals surface area contributed by atoms with Gasteiger partial charge in [0.05, 0.1) is 6.20 Å². The van der Waals surface area contributed by atoms with E-state index in [1.807, 2.05) is 0 Å². The number of aromatic nitrogens is 1. The van der Waals surface area contributed by atoms with Crippen molar-refractivity contribution in [1.82, 2.24) is 10.3 Å². The molecule has 1 atom stereocenters. The van der Waals surface area contributed by atoms with Crippen molar-refractivity contribution in [2.24, 2.45) is 0 Å². The SMILES string of the molecule is Nc1c(F)ncc(OCC2CCN2)c1F. The zero-order valence-electron chi connectivity index (χ0n) is 7.96. The zero-order valence-corrected chi connectivity index (χ0v) is 7.96. The molecule has 0 saturated carbocycles. The highest BCUT2D eigenvalue weighted by atomic mass is 19.1. The Balaban J connectivity index is 2.04. The van der Waals surface area contributed by atoms with Crippen molar-refractivity contribution in [1.29, 1.82) is 0 Å². The summed E-state index contributed by atoms with van der Waals surface area (Å²) in [4.78, 5) is 3.28. The highest BCUT2D eigenvalue weighted by Crippen LogP contribution is 2.23. The summed E-state index contributed by atoms with van der Waals surface area (Å²) >= 11 is 0. The number of nitrogens with zero attached hydrogens (tertiary/aromatic N) is 1. The first-order valence-corrected chi connectivity index (χ1v) is 4.64.